The maximum absolute atomic E-state index is 12.2. The van der Waals surface area contributed by atoms with Crippen molar-refractivity contribution in [1.29, 1.82) is 0 Å². The molecule has 0 fully saturated rings. The Morgan fingerprint density at radius 3 is 2.57 bits per heavy atom. The molecule has 152 valence electrons. The van der Waals surface area contributed by atoms with Crippen molar-refractivity contribution in [3.8, 4) is 0 Å². The number of nitrogen functional groups attached to an aromatic ring is 2. The number of aromatic amines is 1. The number of nitrogens with one attached hydrogen (secondary N) is 2. The molecule has 0 saturated carbocycles. The highest BCUT2D eigenvalue weighted by Crippen LogP contribution is 2.31. The van der Waals surface area contributed by atoms with Gasteiger partial charge in [-0.2, -0.15) is 5.10 Å². The van der Waals surface area contributed by atoms with Gasteiger partial charge in [-0.1, -0.05) is 11.6 Å². The second-order valence-corrected chi connectivity index (χ2v) is 7.04. The number of H-pyrrole nitrogens is 1. The Morgan fingerprint density at radius 2 is 1.87 bits per heavy atom. The van der Waals surface area contributed by atoms with Gasteiger partial charge in [-0.15, -0.1) is 0 Å². The third-order valence-electron chi connectivity index (χ3n) is 4.99. The van der Waals surface area contributed by atoms with Crippen LogP contribution in [0.3, 0.4) is 0 Å². The van der Waals surface area contributed by atoms with Crippen LogP contribution in [-0.4, -0.2) is 23.0 Å². The smallest absolute Gasteiger partial charge is 0.288 e. The van der Waals surface area contributed by atoms with Crippen LogP contribution in [0.5, 0.6) is 0 Å². The number of rotatable bonds is 4. The average Bonchev–Trinajstić information content (AvgIpc) is 3.06. The topological polar surface area (TPSA) is 135 Å². The summed E-state index contributed by atoms with van der Waals surface area (Å²) >= 11 is 0. The van der Waals surface area contributed by atoms with Crippen molar-refractivity contribution in [2.45, 2.75) is 13.8 Å². The number of furan rings is 1. The number of hydrogen-bond acceptors (Lipinski definition) is 7. The quantitative estimate of drug-likeness (QED) is 0.386. The predicted molar refractivity (Wildman–Crippen MR) is 121 cm³/mol. The lowest BCUT2D eigenvalue weighted by molar-refractivity contribution is 0.602. The van der Waals surface area contributed by atoms with E-state index in [9.17, 15) is 4.79 Å². The number of benzene rings is 2. The van der Waals surface area contributed by atoms with E-state index in [1.807, 2.05) is 63.4 Å². The van der Waals surface area contributed by atoms with Gasteiger partial charge in [0, 0.05) is 23.7 Å². The van der Waals surface area contributed by atoms with E-state index in [-0.39, 0.29) is 17.1 Å². The minimum atomic E-state index is -0.540. The van der Waals surface area contributed by atoms with Gasteiger partial charge in [0.1, 0.15) is 17.0 Å². The van der Waals surface area contributed by atoms with Crippen LogP contribution >= 0.6 is 0 Å². The van der Waals surface area contributed by atoms with Crippen LogP contribution in [0.1, 0.15) is 22.5 Å². The maximum Gasteiger partial charge on any atom is 0.288 e. The lowest BCUT2D eigenvalue weighted by Gasteiger charge is -2.10. The molecule has 6 N–H and O–H groups in total. The molecule has 8 heteroatoms. The number of nitrogens with two attached hydrogens (primary N) is 2. The zero-order valence-electron chi connectivity index (χ0n) is 16.9. The van der Waals surface area contributed by atoms with Gasteiger partial charge in [-0.3, -0.25) is 4.79 Å². The summed E-state index contributed by atoms with van der Waals surface area (Å²) in [6.07, 6.45) is 0. The SMILES string of the molecule is CNc1ccc(N=C(c2oc3ccc(C)cc3c2C)c2c(N)n[nH]c(=O)c2N)cc1. The Kier molecular flexibility index (Phi) is 4.75. The van der Waals surface area contributed by atoms with E-state index in [4.69, 9.17) is 20.9 Å². The highest BCUT2D eigenvalue weighted by atomic mass is 16.3. The molecular weight excluding hydrogens is 380 g/mol. The van der Waals surface area contributed by atoms with Crippen LogP contribution in [-0.2, 0) is 0 Å². The van der Waals surface area contributed by atoms with Crippen LogP contribution in [0.2, 0.25) is 0 Å². The lowest BCUT2D eigenvalue weighted by atomic mass is 10.0. The van der Waals surface area contributed by atoms with E-state index in [1.165, 1.54) is 0 Å². The summed E-state index contributed by atoms with van der Waals surface area (Å²) in [4.78, 5) is 16.9. The minimum absolute atomic E-state index is 0.0636. The Balaban J connectivity index is 2.02. The molecule has 2 heterocycles. The molecule has 0 spiro atoms. The van der Waals surface area contributed by atoms with Gasteiger partial charge in [-0.25, -0.2) is 10.1 Å². The molecule has 0 atom stereocenters. The monoisotopic (exact) mass is 402 g/mol. The molecule has 2 aromatic heterocycles. The third kappa shape index (κ3) is 3.28. The number of nitrogens with zero attached hydrogens (tertiary/aromatic N) is 2. The number of fused-ring (bicyclic) bond motifs is 1. The summed E-state index contributed by atoms with van der Waals surface area (Å²) in [5.41, 5.74) is 16.5. The van der Waals surface area contributed by atoms with Crippen molar-refractivity contribution in [3.05, 3.63) is 75.3 Å². The molecule has 4 aromatic rings. The molecule has 0 saturated heterocycles. The minimum Gasteiger partial charge on any atom is -0.454 e. The Labute approximate surface area is 172 Å². The van der Waals surface area contributed by atoms with Gasteiger partial charge < -0.3 is 21.2 Å². The summed E-state index contributed by atoms with van der Waals surface area (Å²) in [6.45, 7) is 3.95. The number of aromatic nitrogens is 2. The van der Waals surface area contributed by atoms with Crippen molar-refractivity contribution in [2.24, 2.45) is 4.99 Å². The Bertz CT molecular complexity index is 1330. The van der Waals surface area contributed by atoms with Gasteiger partial charge in [0.25, 0.3) is 5.56 Å². The lowest BCUT2D eigenvalue weighted by Crippen LogP contribution is -2.22. The van der Waals surface area contributed by atoms with Crippen LogP contribution in [0.15, 0.2) is 56.7 Å². The molecule has 0 aliphatic carbocycles. The van der Waals surface area contributed by atoms with E-state index < -0.39 is 5.56 Å². The second kappa shape index (κ2) is 7.40. The molecule has 4 rings (SSSR count). The van der Waals surface area contributed by atoms with Crippen LogP contribution in [0, 0.1) is 13.8 Å². The van der Waals surface area contributed by atoms with E-state index in [1.54, 1.807) is 0 Å². The van der Waals surface area contributed by atoms with Crippen molar-refractivity contribution >= 4 is 39.6 Å². The highest BCUT2D eigenvalue weighted by molar-refractivity contribution is 6.19. The van der Waals surface area contributed by atoms with Crippen LogP contribution < -0.4 is 22.3 Å². The summed E-state index contributed by atoms with van der Waals surface area (Å²) in [7, 11) is 1.84. The van der Waals surface area contributed by atoms with E-state index in [0.29, 0.717) is 22.7 Å². The molecule has 0 radical (unpaired) electrons. The fourth-order valence-corrected chi connectivity index (χ4v) is 3.34. The van der Waals surface area contributed by atoms with Crippen molar-refractivity contribution in [3.63, 3.8) is 0 Å². The normalized spacial score (nSPS) is 11.8. The van der Waals surface area contributed by atoms with Gasteiger partial charge in [0.2, 0.25) is 0 Å². The number of aliphatic imine (C=N–C) groups is 1. The maximum atomic E-state index is 12.2. The first kappa shape index (κ1) is 19.3. The Hall–Kier alpha value is -4.07. The average molecular weight is 402 g/mol. The zero-order valence-corrected chi connectivity index (χ0v) is 16.9. The molecule has 2 aromatic carbocycles. The first-order valence-electron chi connectivity index (χ1n) is 9.39. The summed E-state index contributed by atoms with van der Waals surface area (Å²) in [5.74, 6) is 0.549. The first-order valence-corrected chi connectivity index (χ1v) is 9.39. The van der Waals surface area contributed by atoms with E-state index >= 15 is 0 Å². The molecule has 30 heavy (non-hydrogen) atoms. The fourth-order valence-electron chi connectivity index (χ4n) is 3.34. The van der Waals surface area contributed by atoms with Crippen molar-refractivity contribution < 1.29 is 4.42 Å². The molecule has 0 unspecified atom stereocenters. The summed E-state index contributed by atoms with van der Waals surface area (Å²) < 4.78 is 6.14. The first-order chi connectivity index (χ1) is 14.4. The number of aryl methyl sites for hydroxylation is 2. The van der Waals surface area contributed by atoms with Crippen molar-refractivity contribution in [1.82, 2.24) is 10.2 Å². The largest absolute Gasteiger partial charge is 0.454 e. The van der Waals surface area contributed by atoms with Gasteiger partial charge >= 0.3 is 0 Å². The number of hydrogen-bond donors (Lipinski definition) is 4. The standard InChI is InChI=1S/C22H22N6O2/c1-11-4-9-16-15(10-11)12(2)20(30-16)19(17-18(23)22(29)28-27-21(17)24)26-14-7-5-13(25-3)6-8-14/h4-10,25H,1-3H3,(H,28,29)(H4,23,24,27). The zero-order chi connectivity index (χ0) is 21.4. The summed E-state index contributed by atoms with van der Waals surface area (Å²) in [6, 6.07) is 13.4. The molecule has 0 amide bonds. The molecule has 8 nitrogen and oxygen atoms in total. The molecule has 0 aliphatic heterocycles. The molecular formula is C22H22N6O2. The Morgan fingerprint density at radius 1 is 1.13 bits per heavy atom. The summed E-state index contributed by atoms with van der Waals surface area (Å²) in [5, 5.41) is 10.2. The molecule has 0 bridgehead atoms. The third-order valence-corrected chi connectivity index (χ3v) is 4.99. The van der Waals surface area contributed by atoms with Crippen LogP contribution in [0.4, 0.5) is 22.9 Å². The van der Waals surface area contributed by atoms with Crippen LogP contribution in [0.25, 0.3) is 11.0 Å². The van der Waals surface area contributed by atoms with Crippen molar-refractivity contribution in [2.75, 3.05) is 23.8 Å². The number of anilines is 3. The fraction of sp³-hybridized carbons (Fsp3) is 0.136. The predicted octanol–water partition coefficient (Wildman–Crippen LogP) is 3.51. The molecule has 0 aliphatic rings. The van der Waals surface area contributed by atoms with E-state index in [0.717, 1.165) is 22.2 Å². The van der Waals surface area contributed by atoms with Gasteiger partial charge in [0.15, 0.2) is 11.6 Å². The highest BCUT2D eigenvalue weighted by Gasteiger charge is 2.24. The van der Waals surface area contributed by atoms with Gasteiger partial charge in [-0.05, 0) is 50.2 Å². The second-order valence-electron chi connectivity index (χ2n) is 7.04. The van der Waals surface area contributed by atoms with Gasteiger partial charge in [0.05, 0.1) is 11.3 Å². The van der Waals surface area contributed by atoms with E-state index in [2.05, 4.69) is 15.5 Å².